The fraction of sp³-hybridized carbons (Fsp3) is 0.500. The lowest BCUT2D eigenvalue weighted by Gasteiger charge is -2.36. The van der Waals surface area contributed by atoms with Gasteiger partial charge in [-0.15, -0.1) is 0 Å². The number of hydrogen-bond donors (Lipinski definition) is 1. The lowest BCUT2D eigenvalue weighted by molar-refractivity contribution is -0.141. The van der Waals surface area contributed by atoms with E-state index in [0.717, 1.165) is 31.9 Å². The molecule has 1 aliphatic rings. The highest BCUT2D eigenvalue weighted by Gasteiger charge is 2.21. The van der Waals surface area contributed by atoms with Crippen LogP contribution in [0, 0.1) is 11.7 Å². The van der Waals surface area contributed by atoms with Gasteiger partial charge in [0.25, 0.3) is 0 Å². The first-order valence-electron chi connectivity index (χ1n) is 6.52. The van der Waals surface area contributed by atoms with Gasteiger partial charge in [0.15, 0.2) is 0 Å². The highest BCUT2D eigenvalue weighted by Crippen LogP contribution is 2.17. The average molecular weight is 266 g/mol. The molecular formula is C14H19FN2O2. The number of halogens is 1. The summed E-state index contributed by atoms with van der Waals surface area (Å²) >= 11 is 0. The Kier molecular flexibility index (Phi) is 4.37. The molecule has 1 aliphatic heterocycles. The largest absolute Gasteiger partial charge is 0.481 e. The second-order valence-corrected chi connectivity index (χ2v) is 5.00. The maximum Gasteiger partial charge on any atom is 0.307 e. The Hall–Kier alpha value is -1.62. The molecule has 0 aromatic heterocycles. The van der Waals surface area contributed by atoms with Crippen LogP contribution in [0.2, 0.25) is 0 Å². The van der Waals surface area contributed by atoms with Gasteiger partial charge >= 0.3 is 5.97 Å². The molecule has 5 heteroatoms. The van der Waals surface area contributed by atoms with Crippen LogP contribution in [0.3, 0.4) is 0 Å². The summed E-state index contributed by atoms with van der Waals surface area (Å²) in [5.41, 5.74) is 1.02. The van der Waals surface area contributed by atoms with E-state index in [0.29, 0.717) is 6.54 Å². The molecule has 1 saturated heterocycles. The third-order valence-corrected chi connectivity index (χ3v) is 3.52. The Morgan fingerprint density at radius 3 is 2.37 bits per heavy atom. The second kappa shape index (κ2) is 6.02. The smallest absolute Gasteiger partial charge is 0.307 e. The normalized spacial score (nSPS) is 18.3. The Balaban J connectivity index is 1.85. The molecule has 104 valence electrons. The molecule has 19 heavy (non-hydrogen) atoms. The number of nitrogens with zero attached hydrogens (tertiary/aromatic N) is 2. The molecule has 0 bridgehead atoms. The molecule has 1 heterocycles. The molecule has 0 spiro atoms. The summed E-state index contributed by atoms with van der Waals surface area (Å²) in [4.78, 5) is 15.2. The van der Waals surface area contributed by atoms with Gasteiger partial charge in [-0.1, -0.05) is 6.92 Å². The minimum Gasteiger partial charge on any atom is -0.481 e. The van der Waals surface area contributed by atoms with E-state index in [1.165, 1.54) is 12.1 Å². The molecule has 2 rings (SSSR count). The van der Waals surface area contributed by atoms with Gasteiger partial charge in [0, 0.05) is 38.4 Å². The maximum absolute atomic E-state index is 12.9. The van der Waals surface area contributed by atoms with Crippen molar-refractivity contribution in [3.63, 3.8) is 0 Å². The number of carboxylic acid groups (broad SMARTS) is 1. The monoisotopic (exact) mass is 266 g/mol. The van der Waals surface area contributed by atoms with Crippen molar-refractivity contribution in [2.24, 2.45) is 5.92 Å². The first-order chi connectivity index (χ1) is 9.06. The minimum atomic E-state index is -0.749. The zero-order chi connectivity index (χ0) is 13.8. The van der Waals surface area contributed by atoms with Crippen LogP contribution in [-0.4, -0.2) is 48.7 Å². The lowest BCUT2D eigenvalue weighted by atomic mass is 10.1. The molecule has 0 radical (unpaired) electrons. The van der Waals surface area contributed by atoms with Crippen LogP contribution in [0.25, 0.3) is 0 Å². The number of carboxylic acids is 1. The van der Waals surface area contributed by atoms with Gasteiger partial charge in [0.05, 0.1) is 5.92 Å². The van der Waals surface area contributed by atoms with Crippen LogP contribution in [0.4, 0.5) is 10.1 Å². The van der Waals surface area contributed by atoms with E-state index in [1.807, 2.05) is 0 Å². The molecule has 1 fully saturated rings. The number of benzene rings is 1. The zero-order valence-electron chi connectivity index (χ0n) is 11.1. The third-order valence-electron chi connectivity index (χ3n) is 3.52. The Labute approximate surface area is 112 Å². The van der Waals surface area contributed by atoms with Crippen LogP contribution in [-0.2, 0) is 4.79 Å². The SMILES string of the molecule is CC(CN1CCN(c2ccc(F)cc2)CC1)C(=O)O. The minimum absolute atomic E-state index is 0.224. The van der Waals surface area contributed by atoms with Crippen molar-refractivity contribution < 1.29 is 14.3 Å². The molecule has 0 amide bonds. The fourth-order valence-corrected chi connectivity index (χ4v) is 2.31. The molecule has 1 unspecified atom stereocenters. The van der Waals surface area contributed by atoms with Crippen LogP contribution in [0.1, 0.15) is 6.92 Å². The van der Waals surface area contributed by atoms with Gasteiger partial charge in [0.1, 0.15) is 5.82 Å². The quantitative estimate of drug-likeness (QED) is 0.900. The van der Waals surface area contributed by atoms with Crippen molar-refractivity contribution in [2.75, 3.05) is 37.6 Å². The summed E-state index contributed by atoms with van der Waals surface area (Å²) in [6, 6.07) is 6.50. The summed E-state index contributed by atoms with van der Waals surface area (Å²) in [5, 5.41) is 8.90. The van der Waals surface area contributed by atoms with E-state index >= 15 is 0 Å². The predicted molar refractivity (Wildman–Crippen MR) is 71.9 cm³/mol. The van der Waals surface area contributed by atoms with Crippen molar-refractivity contribution in [3.05, 3.63) is 30.1 Å². The Bertz CT molecular complexity index is 428. The third kappa shape index (κ3) is 3.67. The molecule has 0 aliphatic carbocycles. The van der Waals surface area contributed by atoms with E-state index in [-0.39, 0.29) is 11.7 Å². The maximum atomic E-state index is 12.9. The van der Waals surface area contributed by atoms with Crippen LogP contribution in [0.5, 0.6) is 0 Å². The Morgan fingerprint density at radius 2 is 1.84 bits per heavy atom. The summed E-state index contributed by atoms with van der Waals surface area (Å²) in [6.45, 7) is 5.70. The number of rotatable bonds is 4. The van der Waals surface area contributed by atoms with Gasteiger partial charge < -0.3 is 10.0 Å². The van der Waals surface area contributed by atoms with Crippen LogP contribution >= 0.6 is 0 Å². The standard InChI is InChI=1S/C14H19FN2O2/c1-11(14(18)19)10-16-6-8-17(9-7-16)13-4-2-12(15)3-5-13/h2-5,11H,6-10H2,1H3,(H,18,19). The van der Waals surface area contributed by atoms with E-state index in [9.17, 15) is 9.18 Å². The highest BCUT2D eigenvalue weighted by atomic mass is 19.1. The number of carbonyl (C=O) groups is 1. The molecule has 1 N–H and O–H groups in total. The summed E-state index contributed by atoms with van der Waals surface area (Å²) in [7, 11) is 0. The first kappa shape index (κ1) is 13.8. The van der Waals surface area contributed by atoms with E-state index in [2.05, 4.69) is 9.80 Å². The number of piperazine rings is 1. The van der Waals surface area contributed by atoms with Crippen molar-refractivity contribution in [3.8, 4) is 0 Å². The summed E-state index contributed by atoms with van der Waals surface area (Å²) < 4.78 is 12.9. The van der Waals surface area contributed by atoms with Gasteiger partial charge in [-0.3, -0.25) is 9.69 Å². The van der Waals surface area contributed by atoms with E-state index in [4.69, 9.17) is 5.11 Å². The molecular weight excluding hydrogens is 247 g/mol. The fourth-order valence-electron chi connectivity index (χ4n) is 2.31. The molecule has 1 aromatic rings. The topological polar surface area (TPSA) is 43.8 Å². The molecule has 1 aromatic carbocycles. The predicted octanol–water partition coefficient (Wildman–Crippen LogP) is 1.67. The molecule has 1 atom stereocenters. The van der Waals surface area contributed by atoms with Crippen molar-refractivity contribution >= 4 is 11.7 Å². The summed E-state index contributed by atoms with van der Waals surface area (Å²) in [5.74, 6) is -1.31. The second-order valence-electron chi connectivity index (χ2n) is 5.00. The number of aliphatic carboxylic acids is 1. The van der Waals surface area contributed by atoms with Crippen LogP contribution in [0.15, 0.2) is 24.3 Å². The summed E-state index contributed by atoms with van der Waals surface area (Å²) in [6.07, 6.45) is 0. The zero-order valence-corrected chi connectivity index (χ0v) is 11.1. The molecule has 4 nitrogen and oxygen atoms in total. The molecule has 0 saturated carbocycles. The van der Waals surface area contributed by atoms with E-state index < -0.39 is 5.97 Å². The van der Waals surface area contributed by atoms with Crippen LogP contribution < -0.4 is 4.90 Å². The lowest BCUT2D eigenvalue weighted by Crippen LogP contribution is -2.48. The van der Waals surface area contributed by atoms with Gasteiger partial charge in [0.2, 0.25) is 0 Å². The van der Waals surface area contributed by atoms with Gasteiger partial charge in [-0.25, -0.2) is 4.39 Å². The van der Waals surface area contributed by atoms with E-state index in [1.54, 1.807) is 19.1 Å². The van der Waals surface area contributed by atoms with Gasteiger partial charge in [-0.05, 0) is 24.3 Å². The van der Waals surface area contributed by atoms with Crippen molar-refractivity contribution in [2.45, 2.75) is 6.92 Å². The van der Waals surface area contributed by atoms with Gasteiger partial charge in [-0.2, -0.15) is 0 Å². The Morgan fingerprint density at radius 1 is 1.26 bits per heavy atom. The first-order valence-corrected chi connectivity index (χ1v) is 6.52. The highest BCUT2D eigenvalue weighted by molar-refractivity contribution is 5.69. The van der Waals surface area contributed by atoms with Crippen molar-refractivity contribution in [1.29, 1.82) is 0 Å². The number of hydrogen-bond acceptors (Lipinski definition) is 3. The number of anilines is 1. The average Bonchev–Trinajstić information content (AvgIpc) is 2.40. The van der Waals surface area contributed by atoms with Crippen molar-refractivity contribution in [1.82, 2.24) is 4.90 Å².